The standard InChI is InChI=1S/C13H26N2O2/c1-4-14-9-12-5-7-15(8-6-12)10-13(16)17-11(2)3/h11-12,14H,4-10H2,1-3H3. The van der Waals surface area contributed by atoms with Crippen LogP contribution in [-0.4, -0.2) is 49.7 Å². The Morgan fingerprint density at radius 3 is 2.59 bits per heavy atom. The van der Waals surface area contributed by atoms with Crippen molar-refractivity contribution < 1.29 is 9.53 Å². The van der Waals surface area contributed by atoms with E-state index < -0.39 is 0 Å². The van der Waals surface area contributed by atoms with E-state index in [2.05, 4.69) is 17.1 Å². The molecule has 1 rings (SSSR count). The first-order valence-corrected chi connectivity index (χ1v) is 6.74. The summed E-state index contributed by atoms with van der Waals surface area (Å²) in [5.41, 5.74) is 0. The largest absolute Gasteiger partial charge is 0.462 e. The van der Waals surface area contributed by atoms with E-state index in [1.165, 1.54) is 12.8 Å². The third-order valence-electron chi connectivity index (χ3n) is 3.11. The van der Waals surface area contributed by atoms with Gasteiger partial charge in [0.05, 0.1) is 12.6 Å². The van der Waals surface area contributed by atoms with Crippen LogP contribution in [0.1, 0.15) is 33.6 Å². The number of nitrogens with zero attached hydrogens (tertiary/aromatic N) is 1. The summed E-state index contributed by atoms with van der Waals surface area (Å²) in [5, 5.41) is 3.39. The normalized spacial score (nSPS) is 18.6. The van der Waals surface area contributed by atoms with Gasteiger partial charge >= 0.3 is 5.97 Å². The van der Waals surface area contributed by atoms with E-state index in [1.807, 2.05) is 13.8 Å². The van der Waals surface area contributed by atoms with Crippen molar-refractivity contribution in [1.29, 1.82) is 0 Å². The maximum absolute atomic E-state index is 11.5. The molecule has 17 heavy (non-hydrogen) atoms. The monoisotopic (exact) mass is 242 g/mol. The minimum Gasteiger partial charge on any atom is -0.462 e. The van der Waals surface area contributed by atoms with E-state index in [4.69, 9.17) is 4.74 Å². The van der Waals surface area contributed by atoms with Crippen molar-refractivity contribution in [3.05, 3.63) is 0 Å². The molecule has 0 aromatic heterocycles. The summed E-state index contributed by atoms with van der Waals surface area (Å²) >= 11 is 0. The highest BCUT2D eigenvalue weighted by Crippen LogP contribution is 2.16. The molecule has 1 heterocycles. The third-order valence-corrected chi connectivity index (χ3v) is 3.11. The molecule has 0 radical (unpaired) electrons. The topological polar surface area (TPSA) is 41.6 Å². The molecule has 0 saturated carbocycles. The van der Waals surface area contributed by atoms with Gasteiger partial charge in [-0.25, -0.2) is 0 Å². The van der Waals surface area contributed by atoms with E-state index >= 15 is 0 Å². The molecule has 1 saturated heterocycles. The van der Waals surface area contributed by atoms with Gasteiger partial charge in [0.2, 0.25) is 0 Å². The minimum absolute atomic E-state index is 0.00575. The van der Waals surface area contributed by atoms with Crippen molar-refractivity contribution in [2.24, 2.45) is 5.92 Å². The number of hydrogen-bond donors (Lipinski definition) is 1. The quantitative estimate of drug-likeness (QED) is 0.712. The fraction of sp³-hybridized carbons (Fsp3) is 0.923. The average molecular weight is 242 g/mol. The Bertz CT molecular complexity index is 223. The molecular formula is C13H26N2O2. The van der Waals surface area contributed by atoms with Gasteiger partial charge in [-0.2, -0.15) is 0 Å². The summed E-state index contributed by atoms with van der Waals surface area (Å²) in [6.45, 7) is 10.6. The Morgan fingerprint density at radius 2 is 2.06 bits per heavy atom. The second-order valence-electron chi connectivity index (χ2n) is 5.07. The predicted octanol–water partition coefficient (Wildman–Crippen LogP) is 1.26. The summed E-state index contributed by atoms with van der Waals surface area (Å²) in [7, 11) is 0. The molecule has 100 valence electrons. The molecule has 0 bridgehead atoms. The first kappa shape index (κ1) is 14.5. The lowest BCUT2D eigenvalue weighted by Gasteiger charge is -2.31. The van der Waals surface area contributed by atoms with E-state index in [0.717, 1.165) is 32.1 Å². The number of hydrogen-bond acceptors (Lipinski definition) is 4. The fourth-order valence-electron chi connectivity index (χ4n) is 2.18. The van der Waals surface area contributed by atoms with Crippen molar-refractivity contribution in [3.8, 4) is 0 Å². The van der Waals surface area contributed by atoms with Gasteiger partial charge in [-0.3, -0.25) is 9.69 Å². The van der Waals surface area contributed by atoms with E-state index in [1.54, 1.807) is 0 Å². The van der Waals surface area contributed by atoms with Crippen molar-refractivity contribution in [3.63, 3.8) is 0 Å². The van der Waals surface area contributed by atoms with Crippen LogP contribution >= 0.6 is 0 Å². The molecule has 0 aliphatic carbocycles. The number of carbonyl (C=O) groups is 1. The van der Waals surface area contributed by atoms with Gasteiger partial charge in [0.1, 0.15) is 0 Å². The van der Waals surface area contributed by atoms with Crippen molar-refractivity contribution in [2.45, 2.75) is 39.7 Å². The molecular weight excluding hydrogens is 216 g/mol. The first-order chi connectivity index (χ1) is 8.11. The van der Waals surface area contributed by atoms with Crippen LogP contribution in [0.4, 0.5) is 0 Å². The molecule has 1 aliphatic rings. The van der Waals surface area contributed by atoms with Gasteiger partial charge in [-0.05, 0) is 58.8 Å². The molecule has 4 heteroatoms. The van der Waals surface area contributed by atoms with Gasteiger partial charge in [0.25, 0.3) is 0 Å². The van der Waals surface area contributed by atoms with E-state index in [9.17, 15) is 4.79 Å². The summed E-state index contributed by atoms with van der Waals surface area (Å²) in [6.07, 6.45) is 2.36. The van der Waals surface area contributed by atoms with Gasteiger partial charge in [0.15, 0.2) is 0 Å². The predicted molar refractivity (Wildman–Crippen MR) is 68.9 cm³/mol. The second kappa shape index (κ2) is 7.67. The van der Waals surface area contributed by atoms with Crippen molar-refractivity contribution in [2.75, 3.05) is 32.7 Å². The van der Waals surface area contributed by atoms with Crippen LogP contribution in [0.5, 0.6) is 0 Å². The molecule has 0 unspecified atom stereocenters. The zero-order chi connectivity index (χ0) is 12.7. The van der Waals surface area contributed by atoms with Crippen molar-refractivity contribution >= 4 is 5.97 Å². The average Bonchev–Trinajstić information content (AvgIpc) is 2.27. The Morgan fingerprint density at radius 1 is 1.41 bits per heavy atom. The SMILES string of the molecule is CCNCC1CCN(CC(=O)OC(C)C)CC1. The van der Waals surface area contributed by atoms with Crippen molar-refractivity contribution in [1.82, 2.24) is 10.2 Å². The zero-order valence-electron chi connectivity index (χ0n) is 11.4. The number of rotatable bonds is 6. The molecule has 0 amide bonds. The van der Waals surface area contributed by atoms with E-state index in [-0.39, 0.29) is 12.1 Å². The lowest BCUT2D eigenvalue weighted by Crippen LogP contribution is -2.40. The number of nitrogens with one attached hydrogen (secondary N) is 1. The first-order valence-electron chi connectivity index (χ1n) is 6.74. The van der Waals surface area contributed by atoms with Gasteiger partial charge in [-0.15, -0.1) is 0 Å². The lowest BCUT2D eigenvalue weighted by atomic mass is 9.97. The van der Waals surface area contributed by atoms with Gasteiger partial charge < -0.3 is 10.1 Å². The number of ether oxygens (including phenoxy) is 1. The molecule has 0 aromatic rings. The maximum atomic E-state index is 11.5. The summed E-state index contributed by atoms with van der Waals surface area (Å²) < 4.78 is 5.15. The van der Waals surface area contributed by atoms with Crippen LogP contribution in [0.25, 0.3) is 0 Å². The van der Waals surface area contributed by atoms with Crippen LogP contribution in [0, 0.1) is 5.92 Å². The van der Waals surface area contributed by atoms with Gasteiger partial charge in [-0.1, -0.05) is 6.92 Å². The van der Waals surface area contributed by atoms with E-state index in [0.29, 0.717) is 6.54 Å². The van der Waals surface area contributed by atoms with Crippen LogP contribution in [0.2, 0.25) is 0 Å². The molecule has 1 fully saturated rings. The Kier molecular flexibility index (Phi) is 6.52. The maximum Gasteiger partial charge on any atom is 0.320 e. The third kappa shape index (κ3) is 6.03. The highest BCUT2D eigenvalue weighted by molar-refractivity contribution is 5.71. The molecule has 4 nitrogen and oxygen atoms in total. The molecule has 0 spiro atoms. The molecule has 0 atom stereocenters. The number of piperidine rings is 1. The Hall–Kier alpha value is -0.610. The zero-order valence-corrected chi connectivity index (χ0v) is 11.4. The van der Waals surface area contributed by atoms with Crippen LogP contribution in [0.15, 0.2) is 0 Å². The number of likely N-dealkylation sites (tertiary alicyclic amines) is 1. The minimum atomic E-state index is -0.0925. The summed E-state index contributed by atoms with van der Waals surface area (Å²) in [4.78, 5) is 13.7. The molecule has 1 N–H and O–H groups in total. The van der Waals surface area contributed by atoms with Crippen LogP contribution in [0.3, 0.4) is 0 Å². The summed E-state index contributed by atoms with van der Waals surface area (Å²) in [5.74, 6) is 0.678. The highest BCUT2D eigenvalue weighted by atomic mass is 16.5. The lowest BCUT2D eigenvalue weighted by molar-refractivity contribution is -0.149. The van der Waals surface area contributed by atoms with Gasteiger partial charge in [0, 0.05) is 0 Å². The second-order valence-corrected chi connectivity index (χ2v) is 5.07. The smallest absolute Gasteiger partial charge is 0.320 e. The fourth-order valence-corrected chi connectivity index (χ4v) is 2.18. The highest BCUT2D eigenvalue weighted by Gasteiger charge is 2.21. The number of carbonyl (C=O) groups excluding carboxylic acids is 1. The molecule has 1 aliphatic heterocycles. The number of esters is 1. The Labute approximate surface area is 105 Å². The van der Waals surface area contributed by atoms with Crippen LogP contribution < -0.4 is 5.32 Å². The summed E-state index contributed by atoms with van der Waals surface area (Å²) in [6, 6.07) is 0. The Balaban J connectivity index is 2.16. The molecule has 0 aromatic carbocycles. The van der Waals surface area contributed by atoms with Crippen LogP contribution in [-0.2, 0) is 9.53 Å².